The van der Waals surface area contributed by atoms with E-state index in [1.54, 1.807) is 11.3 Å². The Morgan fingerprint density at radius 2 is 2.10 bits per heavy atom. The summed E-state index contributed by atoms with van der Waals surface area (Å²) in [5, 5.41) is 3.63. The van der Waals surface area contributed by atoms with Crippen molar-refractivity contribution >= 4 is 11.3 Å². The summed E-state index contributed by atoms with van der Waals surface area (Å²) in [7, 11) is 1.96. The monoisotopic (exact) mass is 157 g/mol. The highest BCUT2D eigenvalue weighted by molar-refractivity contribution is 7.09. The first kappa shape index (κ1) is 7.34. The average molecular weight is 157 g/mol. The molecule has 0 spiro atoms. The first-order valence-electron chi connectivity index (χ1n) is 3.03. The zero-order valence-corrected chi connectivity index (χ0v) is 7.20. The minimum Gasteiger partial charge on any atom is -0.323 e. The lowest BCUT2D eigenvalue weighted by Crippen LogP contribution is -2.13. The van der Waals surface area contributed by atoms with E-state index in [0.717, 1.165) is 4.80 Å². The third-order valence-corrected chi connectivity index (χ3v) is 2.82. The number of aryl methyl sites for hydroxylation is 1. The van der Waals surface area contributed by atoms with Crippen LogP contribution in [0.2, 0.25) is 0 Å². The molecule has 0 aliphatic carbocycles. The van der Waals surface area contributed by atoms with Crippen molar-refractivity contribution in [3.05, 3.63) is 15.4 Å². The predicted octanol–water partition coefficient (Wildman–Crippen LogP) is 0.478. The zero-order chi connectivity index (χ0) is 7.72. The second kappa shape index (κ2) is 2.46. The third kappa shape index (κ3) is 0.945. The van der Waals surface area contributed by atoms with Crippen LogP contribution in [0.1, 0.15) is 10.6 Å². The second-order valence-corrected chi connectivity index (χ2v) is 3.40. The van der Waals surface area contributed by atoms with Crippen LogP contribution in [0.5, 0.6) is 0 Å². The van der Waals surface area contributed by atoms with Gasteiger partial charge >= 0.3 is 0 Å². The predicted molar refractivity (Wildman–Crippen MR) is 42.5 cm³/mol. The molecule has 1 heterocycles. The highest BCUT2D eigenvalue weighted by atomic mass is 32.1. The van der Waals surface area contributed by atoms with Crippen molar-refractivity contribution in [2.75, 3.05) is 0 Å². The fraction of sp³-hybridized carbons (Fsp3) is 0.500. The smallest absolute Gasteiger partial charge is 0.207 e. The fourth-order valence-corrected chi connectivity index (χ4v) is 1.66. The molecule has 0 fully saturated rings. The third-order valence-electron chi connectivity index (χ3n) is 1.65. The zero-order valence-electron chi connectivity index (χ0n) is 6.38. The number of nitrogens with zero attached hydrogens (tertiary/aromatic N) is 2. The van der Waals surface area contributed by atoms with Gasteiger partial charge < -0.3 is 10.4 Å². The van der Waals surface area contributed by atoms with Crippen LogP contribution in [0.3, 0.4) is 0 Å². The molecule has 0 aromatic carbocycles. The Bertz CT molecular complexity index is 294. The van der Waals surface area contributed by atoms with Crippen molar-refractivity contribution in [3.8, 4) is 0 Å². The molecule has 10 heavy (non-hydrogen) atoms. The molecular weight excluding hydrogens is 146 g/mol. The van der Waals surface area contributed by atoms with Crippen molar-refractivity contribution in [1.29, 1.82) is 0 Å². The number of thiazole rings is 1. The SMILES string of the molecule is Cc1s/c(=N\N)n(C)c1C. The normalized spacial score (nSPS) is 12.5. The van der Waals surface area contributed by atoms with Gasteiger partial charge in [0, 0.05) is 17.6 Å². The molecule has 3 nitrogen and oxygen atoms in total. The van der Waals surface area contributed by atoms with Crippen molar-refractivity contribution in [2.45, 2.75) is 13.8 Å². The van der Waals surface area contributed by atoms with Gasteiger partial charge in [0.15, 0.2) is 0 Å². The maximum Gasteiger partial charge on any atom is 0.207 e. The minimum atomic E-state index is 0.870. The molecule has 0 saturated heterocycles. The van der Waals surface area contributed by atoms with Crippen LogP contribution in [-0.4, -0.2) is 4.57 Å². The van der Waals surface area contributed by atoms with Gasteiger partial charge in [0.05, 0.1) is 0 Å². The molecule has 0 aliphatic heterocycles. The van der Waals surface area contributed by atoms with Gasteiger partial charge in [-0.25, -0.2) is 0 Å². The van der Waals surface area contributed by atoms with Gasteiger partial charge in [-0.2, -0.15) is 5.10 Å². The Balaban J connectivity index is 3.46. The minimum absolute atomic E-state index is 0.870. The van der Waals surface area contributed by atoms with E-state index < -0.39 is 0 Å². The lowest BCUT2D eigenvalue weighted by atomic mass is 10.4. The van der Waals surface area contributed by atoms with Gasteiger partial charge in [-0.3, -0.25) is 0 Å². The van der Waals surface area contributed by atoms with Gasteiger partial charge in [-0.05, 0) is 13.8 Å². The first-order valence-corrected chi connectivity index (χ1v) is 3.85. The van der Waals surface area contributed by atoms with Crippen molar-refractivity contribution < 1.29 is 0 Å². The van der Waals surface area contributed by atoms with E-state index in [4.69, 9.17) is 5.84 Å². The Labute approximate surface area is 63.8 Å². The molecule has 56 valence electrons. The van der Waals surface area contributed by atoms with Crippen molar-refractivity contribution in [3.63, 3.8) is 0 Å². The van der Waals surface area contributed by atoms with Gasteiger partial charge in [-0.1, -0.05) is 0 Å². The maximum atomic E-state index is 5.15. The molecule has 0 atom stereocenters. The molecule has 0 unspecified atom stereocenters. The summed E-state index contributed by atoms with van der Waals surface area (Å²) in [6, 6.07) is 0. The molecular formula is C6H11N3S. The van der Waals surface area contributed by atoms with Gasteiger partial charge in [-0.15, -0.1) is 11.3 Å². The van der Waals surface area contributed by atoms with E-state index in [2.05, 4.69) is 18.9 Å². The number of aromatic nitrogens is 1. The van der Waals surface area contributed by atoms with Crippen LogP contribution in [0, 0.1) is 13.8 Å². The molecule has 0 radical (unpaired) electrons. The Kier molecular flexibility index (Phi) is 1.80. The Morgan fingerprint density at radius 1 is 1.50 bits per heavy atom. The van der Waals surface area contributed by atoms with Crippen LogP contribution in [0.25, 0.3) is 0 Å². The summed E-state index contributed by atoms with van der Waals surface area (Å²) in [5.41, 5.74) is 1.23. The quantitative estimate of drug-likeness (QED) is 0.432. The van der Waals surface area contributed by atoms with Crippen LogP contribution in [-0.2, 0) is 7.05 Å². The summed E-state index contributed by atoms with van der Waals surface area (Å²) in [6.45, 7) is 4.12. The molecule has 1 rings (SSSR count). The van der Waals surface area contributed by atoms with Crippen molar-refractivity contribution in [1.82, 2.24) is 4.57 Å². The van der Waals surface area contributed by atoms with Crippen LogP contribution >= 0.6 is 11.3 Å². The Hall–Kier alpha value is -0.770. The molecule has 1 aromatic rings. The highest BCUT2D eigenvalue weighted by Crippen LogP contribution is 2.06. The standard InChI is InChI=1S/C6H11N3S/c1-4-5(2)10-6(8-7)9(4)3/h7H2,1-3H3/b8-6-. The van der Waals surface area contributed by atoms with E-state index >= 15 is 0 Å². The first-order chi connectivity index (χ1) is 4.66. The van der Waals surface area contributed by atoms with Crippen LogP contribution in [0.15, 0.2) is 5.10 Å². The lowest BCUT2D eigenvalue weighted by Gasteiger charge is -1.92. The van der Waals surface area contributed by atoms with E-state index in [1.807, 2.05) is 11.6 Å². The number of hydrogen-bond donors (Lipinski definition) is 1. The summed E-state index contributed by atoms with van der Waals surface area (Å²) >= 11 is 1.61. The molecule has 0 saturated carbocycles. The van der Waals surface area contributed by atoms with E-state index in [-0.39, 0.29) is 0 Å². The highest BCUT2D eigenvalue weighted by Gasteiger charge is 1.99. The van der Waals surface area contributed by atoms with Crippen molar-refractivity contribution in [2.24, 2.45) is 18.0 Å². The second-order valence-electron chi connectivity index (χ2n) is 2.21. The molecule has 0 amide bonds. The van der Waals surface area contributed by atoms with Gasteiger partial charge in [0.1, 0.15) is 0 Å². The number of nitrogens with two attached hydrogens (primary N) is 1. The lowest BCUT2D eigenvalue weighted by molar-refractivity contribution is 0.815. The fourth-order valence-electron chi connectivity index (χ4n) is 0.772. The van der Waals surface area contributed by atoms with Crippen LogP contribution in [0.4, 0.5) is 0 Å². The summed E-state index contributed by atoms with van der Waals surface area (Å²) < 4.78 is 1.99. The van der Waals surface area contributed by atoms with E-state index in [1.165, 1.54) is 10.6 Å². The van der Waals surface area contributed by atoms with Crippen LogP contribution < -0.4 is 10.6 Å². The molecule has 0 bridgehead atoms. The molecule has 2 N–H and O–H groups in total. The summed E-state index contributed by atoms with van der Waals surface area (Å²) in [5.74, 6) is 5.15. The topological polar surface area (TPSA) is 43.3 Å². The van der Waals surface area contributed by atoms with E-state index in [0.29, 0.717) is 0 Å². The maximum absolute atomic E-state index is 5.15. The number of hydrogen-bond acceptors (Lipinski definition) is 3. The summed E-state index contributed by atoms with van der Waals surface area (Å²) in [4.78, 5) is 2.14. The average Bonchev–Trinajstić information content (AvgIpc) is 2.17. The number of rotatable bonds is 0. The molecule has 0 aliphatic rings. The summed E-state index contributed by atoms with van der Waals surface area (Å²) in [6.07, 6.45) is 0. The van der Waals surface area contributed by atoms with Gasteiger partial charge in [0.2, 0.25) is 4.80 Å². The van der Waals surface area contributed by atoms with Gasteiger partial charge in [0.25, 0.3) is 0 Å². The molecule has 1 aromatic heterocycles. The Morgan fingerprint density at radius 3 is 2.30 bits per heavy atom. The molecule has 4 heteroatoms. The largest absolute Gasteiger partial charge is 0.323 e. The van der Waals surface area contributed by atoms with E-state index in [9.17, 15) is 0 Å².